The number of likely N-dealkylation sites (tertiary alicyclic amines) is 1. The molecule has 5 nitrogen and oxygen atoms in total. The molecule has 2 aliphatic heterocycles. The van der Waals surface area contributed by atoms with Crippen LogP contribution in [-0.2, 0) is 0 Å². The van der Waals surface area contributed by atoms with Gasteiger partial charge in [-0.05, 0) is 42.5 Å². The number of β-amino-alcohol motifs (C(OH)–C–C–N with tert-alkyl or cyclic N) is 1. The van der Waals surface area contributed by atoms with E-state index in [-0.39, 0.29) is 11.9 Å². The summed E-state index contributed by atoms with van der Waals surface area (Å²) >= 11 is 18.2. The van der Waals surface area contributed by atoms with Crippen molar-refractivity contribution in [2.45, 2.75) is 12.1 Å². The van der Waals surface area contributed by atoms with Crippen LogP contribution < -0.4 is 4.90 Å². The van der Waals surface area contributed by atoms with E-state index >= 15 is 0 Å². The summed E-state index contributed by atoms with van der Waals surface area (Å²) in [6.07, 6.45) is -0.557. The van der Waals surface area contributed by atoms with Crippen LogP contribution in [-0.4, -0.2) is 72.2 Å². The van der Waals surface area contributed by atoms with E-state index in [0.717, 1.165) is 31.9 Å². The summed E-state index contributed by atoms with van der Waals surface area (Å²) in [4.78, 5) is 19.0. The van der Waals surface area contributed by atoms with E-state index in [1.54, 1.807) is 35.2 Å². The van der Waals surface area contributed by atoms with Gasteiger partial charge in [0.25, 0.3) is 5.91 Å². The van der Waals surface area contributed by atoms with Gasteiger partial charge in [-0.15, -0.1) is 0 Å². The standard InChI is InChI=1S/C21H22Cl3N3O2/c22-15-3-1-14(2-4-15)21(29)27-12-19(20(28)13-27)26-7-5-25(6-8-26)18-10-16(23)9-17(24)11-18/h1-4,9-11,19-20,28H,5-8,12-13H2/t19-,20-/m0/s1. The third kappa shape index (κ3) is 4.65. The number of carbonyl (C=O) groups excluding carboxylic acids is 1. The fourth-order valence-corrected chi connectivity index (χ4v) is 4.74. The van der Waals surface area contributed by atoms with Crippen LogP contribution in [0.5, 0.6) is 0 Å². The van der Waals surface area contributed by atoms with E-state index in [4.69, 9.17) is 34.8 Å². The fourth-order valence-electron chi connectivity index (χ4n) is 4.10. The monoisotopic (exact) mass is 453 g/mol. The third-order valence-electron chi connectivity index (χ3n) is 5.63. The van der Waals surface area contributed by atoms with Crippen molar-refractivity contribution in [1.82, 2.24) is 9.80 Å². The molecule has 8 heteroatoms. The Morgan fingerprint density at radius 3 is 2.10 bits per heavy atom. The summed E-state index contributed by atoms with van der Waals surface area (Å²) in [7, 11) is 0. The Kier molecular flexibility index (Phi) is 6.23. The molecule has 0 unspecified atom stereocenters. The topological polar surface area (TPSA) is 47.0 Å². The molecule has 0 saturated carbocycles. The average Bonchev–Trinajstić information content (AvgIpc) is 3.09. The van der Waals surface area contributed by atoms with Crippen molar-refractivity contribution in [2.75, 3.05) is 44.2 Å². The van der Waals surface area contributed by atoms with E-state index in [0.29, 0.717) is 33.7 Å². The second-order valence-corrected chi connectivity index (χ2v) is 8.81. The van der Waals surface area contributed by atoms with Crippen molar-refractivity contribution in [3.8, 4) is 0 Å². The Bertz CT molecular complexity index is 865. The third-order valence-corrected chi connectivity index (χ3v) is 6.32. The number of carbonyl (C=O) groups is 1. The highest BCUT2D eigenvalue weighted by Crippen LogP contribution is 2.27. The number of hydrogen-bond acceptors (Lipinski definition) is 4. The van der Waals surface area contributed by atoms with Gasteiger partial charge in [0.05, 0.1) is 12.1 Å². The first-order valence-electron chi connectivity index (χ1n) is 9.59. The van der Waals surface area contributed by atoms with Crippen LogP contribution in [0.25, 0.3) is 0 Å². The summed E-state index contributed by atoms with van der Waals surface area (Å²) in [5.74, 6) is -0.0737. The van der Waals surface area contributed by atoms with Gasteiger partial charge in [-0.1, -0.05) is 34.8 Å². The van der Waals surface area contributed by atoms with Gasteiger partial charge in [0, 0.05) is 65.6 Å². The second kappa shape index (κ2) is 8.70. The molecule has 2 aliphatic rings. The summed E-state index contributed by atoms with van der Waals surface area (Å²) in [5, 5.41) is 12.4. The van der Waals surface area contributed by atoms with Crippen molar-refractivity contribution in [3.05, 3.63) is 63.1 Å². The molecule has 0 aromatic heterocycles. The molecule has 2 heterocycles. The normalized spacial score (nSPS) is 22.9. The fraction of sp³-hybridized carbons (Fsp3) is 0.381. The largest absolute Gasteiger partial charge is 0.390 e. The van der Waals surface area contributed by atoms with Crippen molar-refractivity contribution in [2.24, 2.45) is 0 Å². The molecule has 0 spiro atoms. The SMILES string of the molecule is O=C(c1ccc(Cl)cc1)N1C[C@H](O)[C@@H](N2CCN(c3cc(Cl)cc(Cl)c3)CC2)C1. The number of aliphatic hydroxyl groups is 1. The highest BCUT2D eigenvalue weighted by Gasteiger charge is 2.38. The second-order valence-electron chi connectivity index (χ2n) is 7.50. The Morgan fingerprint density at radius 2 is 1.48 bits per heavy atom. The molecular formula is C21H22Cl3N3O2. The molecule has 0 aliphatic carbocycles. The van der Waals surface area contributed by atoms with Crippen LogP contribution in [0.15, 0.2) is 42.5 Å². The first-order valence-corrected chi connectivity index (χ1v) is 10.7. The molecule has 29 heavy (non-hydrogen) atoms. The maximum Gasteiger partial charge on any atom is 0.253 e. The number of rotatable bonds is 3. The zero-order valence-corrected chi connectivity index (χ0v) is 18.0. The number of anilines is 1. The minimum absolute atomic E-state index is 0.0589. The molecule has 4 rings (SSSR count). The molecule has 2 aromatic carbocycles. The lowest BCUT2D eigenvalue weighted by Crippen LogP contribution is -2.53. The van der Waals surface area contributed by atoms with Gasteiger partial charge in [0.15, 0.2) is 0 Å². The molecular weight excluding hydrogens is 433 g/mol. The van der Waals surface area contributed by atoms with Crippen molar-refractivity contribution < 1.29 is 9.90 Å². The van der Waals surface area contributed by atoms with Crippen molar-refractivity contribution in [1.29, 1.82) is 0 Å². The van der Waals surface area contributed by atoms with E-state index in [9.17, 15) is 9.90 Å². The molecule has 1 N–H and O–H groups in total. The maximum absolute atomic E-state index is 12.8. The lowest BCUT2D eigenvalue weighted by molar-refractivity contribution is 0.0754. The van der Waals surface area contributed by atoms with E-state index in [2.05, 4.69) is 9.80 Å². The molecule has 0 bridgehead atoms. The highest BCUT2D eigenvalue weighted by molar-refractivity contribution is 6.35. The predicted molar refractivity (Wildman–Crippen MR) is 117 cm³/mol. The lowest BCUT2D eigenvalue weighted by atomic mass is 10.1. The first kappa shape index (κ1) is 20.8. The molecule has 0 radical (unpaired) electrons. The van der Waals surface area contributed by atoms with Crippen molar-refractivity contribution in [3.63, 3.8) is 0 Å². The van der Waals surface area contributed by atoms with Gasteiger partial charge in [-0.3, -0.25) is 9.69 Å². The zero-order chi connectivity index (χ0) is 20.5. The predicted octanol–water partition coefficient (Wildman–Crippen LogP) is 3.65. The van der Waals surface area contributed by atoms with Gasteiger partial charge in [-0.2, -0.15) is 0 Å². The van der Waals surface area contributed by atoms with E-state index in [1.165, 1.54) is 0 Å². The summed E-state index contributed by atoms with van der Waals surface area (Å²) in [6.45, 7) is 4.08. The molecule has 2 fully saturated rings. The van der Waals surface area contributed by atoms with E-state index < -0.39 is 6.10 Å². The number of halogens is 3. The Labute approximate surface area is 185 Å². The number of aliphatic hydroxyl groups excluding tert-OH is 1. The molecule has 2 atom stereocenters. The van der Waals surface area contributed by atoms with Gasteiger partial charge in [0.2, 0.25) is 0 Å². The smallest absolute Gasteiger partial charge is 0.253 e. The van der Waals surface area contributed by atoms with Crippen LogP contribution in [0, 0.1) is 0 Å². The zero-order valence-electron chi connectivity index (χ0n) is 15.8. The molecule has 1 amide bonds. The number of nitrogens with zero attached hydrogens (tertiary/aromatic N) is 3. The van der Waals surface area contributed by atoms with Crippen molar-refractivity contribution >= 4 is 46.4 Å². The quantitative estimate of drug-likeness (QED) is 0.769. The minimum Gasteiger partial charge on any atom is -0.390 e. The van der Waals surface area contributed by atoms with Gasteiger partial charge >= 0.3 is 0 Å². The Morgan fingerprint density at radius 1 is 0.862 bits per heavy atom. The number of benzene rings is 2. The summed E-state index contributed by atoms with van der Waals surface area (Å²) in [5.41, 5.74) is 1.60. The molecule has 154 valence electrons. The van der Waals surface area contributed by atoms with Crippen LogP contribution in [0.4, 0.5) is 5.69 Å². The van der Waals surface area contributed by atoms with Crippen LogP contribution in [0.1, 0.15) is 10.4 Å². The lowest BCUT2D eigenvalue weighted by Gasteiger charge is -2.39. The average molecular weight is 455 g/mol. The van der Waals surface area contributed by atoms with Gasteiger partial charge in [-0.25, -0.2) is 0 Å². The number of piperazine rings is 1. The first-order chi connectivity index (χ1) is 13.9. The number of amides is 1. The van der Waals surface area contributed by atoms with Crippen LogP contribution in [0.3, 0.4) is 0 Å². The summed E-state index contributed by atoms with van der Waals surface area (Å²) in [6, 6.07) is 12.4. The minimum atomic E-state index is -0.557. The summed E-state index contributed by atoms with van der Waals surface area (Å²) < 4.78 is 0. The van der Waals surface area contributed by atoms with Crippen LogP contribution >= 0.6 is 34.8 Å². The highest BCUT2D eigenvalue weighted by atomic mass is 35.5. The van der Waals surface area contributed by atoms with Gasteiger partial charge in [0.1, 0.15) is 0 Å². The Hall–Kier alpha value is -1.50. The van der Waals surface area contributed by atoms with E-state index in [1.807, 2.05) is 12.1 Å². The molecule has 2 aromatic rings. The molecule has 2 saturated heterocycles. The van der Waals surface area contributed by atoms with Gasteiger partial charge < -0.3 is 14.9 Å². The Balaban J connectivity index is 1.37. The maximum atomic E-state index is 12.8. The van der Waals surface area contributed by atoms with Crippen LogP contribution in [0.2, 0.25) is 15.1 Å². The number of hydrogen-bond donors (Lipinski definition) is 1.